The van der Waals surface area contributed by atoms with Gasteiger partial charge in [0.05, 0.1) is 6.42 Å². The highest BCUT2D eigenvalue weighted by Gasteiger charge is 2.13. The molecule has 1 saturated heterocycles. The second-order valence-electron chi connectivity index (χ2n) is 4.36. The van der Waals surface area contributed by atoms with Crippen LogP contribution in [0.1, 0.15) is 26.2 Å². The second kappa shape index (κ2) is 10.4. The average Bonchev–Trinajstić information content (AvgIpc) is 2.89. The number of carboxylic acids is 1. The SMILES string of the molecule is C=CCN(CC)CCC(=O)O.NC(=O)N1CCCC1. The van der Waals surface area contributed by atoms with Gasteiger partial charge in [-0.25, -0.2) is 4.79 Å². The fraction of sp³-hybridized carbons (Fsp3) is 0.692. The number of nitrogens with two attached hydrogens (primary N) is 1. The predicted octanol–water partition coefficient (Wildman–Crippen LogP) is 1.13. The molecule has 6 heteroatoms. The van der Waals surface area contributed by atoms with Crippen molar-refractivity contribution in [1.82, 2.24) is 9.80 Å². The molecule has 0 aromatic rings. The van der Waals surface area contributed by atoms with Crippen LogP contribution in [0.3, 0.4) is 0 Å². The van der Waals surface area contributed by atoms with E-state index in [1.54, 1.807) is 11.0 Å². The summed E-state index contributed by atoms with van der Waals surface area (Å²) in [6.07, 6.45) is 4.22. The molecule has 0 unspecified atom stereocenters. The van der Waals surface area contributed by atoms with Gasteiger partial charge in [0.2, 0.25) is 0 Å². The zero-order chi connectivity index (χ0) is 14.7. The molecule has 1 heterocycles. The summed E-state index contributed by atoms with van der Waals surface area (Å²) in [7, 11) is 0. The number of nitrogens with zero attached hydrogens (tertiary/aromatic N) is 2. The largest absolute Gasteiger partial charge is 0.481 e. The Bertz CT molecular complexity index is 289. The van der Waals surface area contributed by atoms with E-state index in [4.69, 9.17) is 10.8 Å². The number of carboxylic acid groups (broad SMARTS) is 1. The van der Waals surface area contributed by atoms with Gasteiger partial charge in [-0.2, -0.15) is 0 Å². The molecular formula is C13H25N3O3. The Hall–Kier alpha value is -1.56. The lowest BCUT2D eigenvalue weighted by atomic mass is 10.3. The summed E-state index contributed by atoms with van der Waals surface area (Å²) < 4.78 is 0. The molecule has 1 aliphatic heterocycles. The Morgan fingerprint density at radius 2 is 2.00 bits per heavy atom. The Kier molecular flexibility index (Phi) is 9.52. The first kappa shape index (κ1) is 17.4. The van der Waals surface area contributed by atoms with Gasteiger partial charge in [-0.1, -0.05) is 13.0 Å². The monoisotopic (exact) mass is 271 g/mol. The van der Waals surface area contributed by atoms with Crippen LogP contribution < -0.4 is 5.73 Å². The van der Waals surface area contributed by atoms with Crippen molar-refractivity contribution in [3.63, 3.8) is 0 Å². The van der Waals surface area contributed by atoms with Crippen LogP contribution in [0, 0.1) is 0 Å². The number of aliphatic carboxylic acids is 1. The van der Waals surface area contributed by atoms with E-state index in [0.717, 1.165) is 39.0 Å². The number of likely N-dealkylation sites (N-methyl/N-ethyl adjacent to an activating group) is 1. The van der Waals surface area contributed by atoms with Crippen molar-refractivity contribution < 1.29 is 14.7 Å². The topological polar surface area (TPSA) is 86.9 Å². The van der Waals surface area contributed by atoms with Gasteiger partial charge in [0, 0.05) is 26.2 Å². The highest BCUT2D eigenvalue weighted by molar-refractivity contribution is 5.72. The predicted molar refractivity (Wildman–Crippen MR) is 75.0 cm³/mol. The van der Waals surface area contributed by atoms with E-state index < -0.39 is 5.97 Å². The van der Waals surface area contributed by atoms with E-state index in [1.165, 1.54) is 0 Å². The maximum atomic E-state index is 10.3. The van der Waals surface area contributed by atoms with E-state index in [1.807, 2.05) is 11.8 Å². The lowest BCUT2D eigenvalue weighted by molar-refractivity contribution is -0.137. The first-order valence-electron chi connectivity index (χ1n) is 6.60. The number of primary amides is 1. The zero-order valence-corrected chi connectivity index (χ0v) is 11.7. The van der Waals surface area contributed by atoms with E-state index in [0.29, 0.717) is 6.54 Å². The van der Waals surface area contributed by atoms with Crippen molar-refractivity contribution in [2.24, 2.45) is 5.73 Å². The van der Waals surface area contributed by atoms with Gasteiger partial charge >= 0.3 is 12.0 Å². The van der Waals surface area contributed by atoms with E-state index in [2.05, 4.69) is 6.58 Å². The van der Waals surface area contributed by atoms with Crippen LogP contribution in [0.25, 0.3) is 0 Å². The number of carbonyl (C=O) groups excluding carboxylic acids is 1. The average molecular weight is 271 g/mol. The molecule has 0 radical (unpaired) electrons. The first-order valence-corrected chi connectivity index (χ1v) is 6.60. The van der Waals surface area contributed by atoms with Crippen LogP contribution in [0.15, 0.2) is 12.7 Å². The lowest BCUT2D eigenvalue weighted by Gasteiger charge is -2.16. The van der Waals surface area contributed by atoms with Crippen molar-refractivity contribution >= 4 is 12.0 Å². The van der Waals surface area contributed by atoms with Gasteiger partial charge < -0.3 is 15.7 Å². The summed E-state index contributed by atoms with van der Waals surface area (Å²) >= 11 is 0. The third kappa shape index (κ3) is 9.07. The highest BCUT2D eigenvalue weighted by atomic mass is 16.4. The first-order chi connectivity index (χ1) is 9.01. The van der Waals surface area contributed by atoms with Crippen molar-refractivity contribution in [3.8, 4) is 0 Å². The summed E-state index contributed by atoms with van der Waals surface area (Å²) in [5.41, 5.74) is 4.98. The van der Waals surface area contributed by atoms with Gasteiger partial charge in [-0.15, -0.1) is 6.58 Å². The summed E-state index contributed by atoms with van der Waals surface area (Å²) in [6.45, 7) is 9.56. The van der Waals surface area contributed by atoms with Gasteiger partial charge in [-0.05, 0) is 19.4 Å². The molecule has 2 amide bonds. The number of urea groups is 1. The van der Waals surface area contributed by atoms with Gasteiger partial charge in [0.25, 0.3) is 0 Å². The van der Waals surface area contributed by atoms with E-state index in [-0.39, 0.29) is 12.5 Å². The fourth-order valence-electron chi connectivity index (χ4n) is 1.75. The van der Waals surface area contributed by atoms with Gasteiger partial charge in [-0.3, -0.25) is 9.69 Å². The van der Waals surface area contributed by atoms with Crippen LogP contribution in [0.4, 0.5) is 4.79 Å². The number of likely N-dealkylation sites (tertiary alicyclic amines) is 1. The highest BCUT2D eigenvalue weighted by Crippen LogP contribution is 2.05. The quantitative estimate of drug-likeness (QED) is 0.709. The number of hydrogen-bond donors (Lipinski definition) is 2. The van der Waals surface area contributed by atoms with Crippen molar-refractivity contribution in [3.05, 3.63) is 12.7 Å². The van der Waals surface area contributed by atoms with Gasteiger partial charge in [0.15, 0.2) is 0 Å². The Labute approximate surface area is 114 Å². The molecule has 0 saturated carbocycles. The normalized spacial score (nSPS) is 13.9. The molecular weight excluding hydrogens is 246 g/mol. The fourth-order valence-corrected chi connectivity index (χ4v) is 1.75. The molecule has 6 nitrogen and oxygen atoms in total. The molecule has 0 bridgehead atoms. The lowest BCUT2D eigenvalue weighted by Crippen LogP contribution is -2.32. The maximum absolute atomic E-state index is 10.3. The minimum absolute atomic E-state index is 0.210. The molecule has 3 N–H and O–H groups in total. The summed E-state index contributed by atoms with van der Waals surface area (Å²) in [6, 6.07) is -0.275. The third-order valence-electron chi connectivity index (χ3n) is 2.89. The van der Waals surface area contributed by atoms with Crippen LogP contribution in [-0.2, 0) is 4.79 Å². The zero-order valence-electron chi connectivity index (χ0n) is 11.7. The number of amides is 2. The van der Waals surface area contributed by atoms with Crippen molar-refractivity contribution in [1.29, 1.82) is 0 Å². The third-order valence-corrected chi connectivity index (χ3v) is 2.89. The number of carbonyl (C=O) groups is 2. The number of hydrogen-bond acceptors (Lipinski definition) is 3. The Balaban J connectivity index is 0.000000356. The van der Waals surface area contributed by atoms with Gasteiger partial charge in [0.1, 0.15) is 0 Å². The summed E-state index contributed by atoms with van der Waals surface area (Å²) in [5.74, 6) is -0.743. The van der Waals surface area contributed by atoms with E-state index in [9.17, 15) is 9.59 Å². The summed E-state index contributed by atoms with van der Waals surface area (Å²) in [5, 5.41) is 8.37. The second-order valence-corrected chi connectivity index (χ2v) is 4.36. The van der Waals surface area contributed by atoms with E-state index >= 15 is 0 Å². The molecule has 0 aromatic carbocycles. The molecule has 0 spiro atoms. The van der Waals surface area contributed by atoms with Crippen molar-refractivity contribution in [2.75, 3.05) is 32.7 Å². The molecule has 1 fully saturated rings. The maximum Gasteiger partial charge on any atom is 0.314 e. The molecule has 0 aliphatic carbocycles. The molecule has 110 valence electrons. The minimum Gasteiger partial charge on any atom is -0.481 e. The minimum atomic E-state index is -0.743. The standard InChI is InChI=1S/C8H15NO2.C5H10N2O/c1-3-6-9(4-2)7-5-8(10)11;6-5(8)7-3-1-2-4-7/h3H,1,4-7H2,2H3,(H,10,11);1-4H2,(H2,6,8). The van der Waals surface area contributed by atoms with Crippen LogP contribution in [0.2, 0.25) is 0 Å². The molecule has 1 rings (SSSR count). The molecule has 1 aliphatic rings. The summed E-state index contributed by atoms with van der Waals surface area (Å²) in [4.78, 5) is 24.2. The molecule has 0 aromatic heterocycles. The van der Waals surface area contributed by atoms with Crippen LogP contribution in [0.5, 0.6) is 0 Å². The Morgan fingerprint density at radius 1 is 1.42 bits per heavy atom. The molecule has 19 heavy (non-hydrogen) atoms. The molecule has 0 atom stereocenters. The van der Waals surface area contributed by atoms with Crippen LogP contribution >= 0.6 is 0 Å². The number of rotatable bonds is 6. The van der Waals surface area contributed by atoms with Crippen molar-refractivity contribution in [2.45, 2.75) is 26.2 Å². The van der Waals surface area contributed by atoms with Crippen LogP contribution in [-0.4, -0.2) is 59.6 Å². The Morgan fingerprint density at radius 3 is 2.32 bits per heavy atom. The smallest absolute Gasteiger partial charge is 0.314 e.